The van der Waals surface area contributed by atoms with Gasteiger partial charge in [-0.2, -0.15) is 0 Å². The lowest BCUT2D eigenvalue weighted by Gasteiger charge is -2.11. The van der Waals surface area contributed by atoms with Crippen LogP contribution in [0.1, 0.15) is 20.3 Å². The van der Waals surface area contributed by atoms with Crippen LogP contribution in [-0.4, -0.2) is 18.3 Å². The van der Waals surface area contributed by atoms with Gasteiger partial charge >= 0.3 is 0 Å². The summed E-state index contributed by atoms with van der Waals surface area (Å²) in [5.74, 6) is 0. The molecule has 1 aromatic rings. The van der Waals surface area contributed by atoms with E-state index in [1.165, 1.54) is 11.3 Å². The van der Waals surface area contributed by atoms with Gasteiger partial charge in [0, 0.05) is 16.7 Å². The third-order valence-corrected chi connectivity index (χ3v) is 3.05. The van der Waals surface area contributed by atoms with Crippen LogP contribution in [-0.2, 0) is 0 Å². The molecule has 0 aliphatic carbocycles. The van der Waals surface area contributed by atoms with Crippen LogP contribution in [0.3, 0.4) is 0 Å². The van der Waals surface area contributed by atoms with Crippen molar-refractivity contribution < 1.29 is 0 Å². The van der Waals surface area contributed by atoms with Gasteiger partial charge in [0.1, 0.15) is 0 Å². The summed E-state index contributed by atoms with van der Waals surface area (Å²) in [6.45, 7) is 6.68. The normalized spacial score (nSPS) is 12.7. The number of benzene rings is 1. The second kappa shape index (κ2) is 6.91. The van der Waals surface area contributed by atoms with Gasteiger partial charge < -0.3 is 5.32 Å². The molecule has 0 heterocycles. The number of hydrogen-bond donors (Lipinski definition) is 1. The summed E-state index contributed by atoms with van der Waals surface area (Å²) in [7, 11) is 0. The van der Waals surface area contributed by atoms with Gasteiger partial charge in [-0.3, -0.25) is 0 Å². The highest BCUT2D eigenvalue weighted by atomic mass is 32.2. The number of hydrogen-bond acceptors (Lipinski definition) is 2. The van der Waals surface area contributed by atoms with Crippen LogP contribution >= 0.6 is 11.8 Å². The quantitative estimate of drug-likeness (QED) is 0.570. The second-order valence-corrected chi connectivity index (χ2v) is 4.96. The van der Waals surface area contributed by atoms with Crippen LogP contribution in [0, 0.1) is 0 Å². The molecule has 2 heteroatoms. The predicted molar refractivity (Wildman–Crippen MR) is 64.9 cm³/mol. The first kappa shape index (κ1) is 11.6. The molecule has 0 bridgehead atoms. The Morgan fingerprint density at radius 3 is 2.64 bits per heavy atom. The summed E-state index contributed by atoms with van der Waals surface area (Å²) in [4.78, 5) is 1.36. The smallest absolute Gasteiger partial charge is 0.0191 e. The molecule has 0 saturated heterocycles. The van der Waals surface area contributed by atoms with Crippen LogP contribution in [0.15, 0.2) is 35.2 Å². The van der Waals surface area contributed by atoms with E-state index in [1.54, 1.807) is 0 Å². The van der Waals surface area contributed by atoms with Gasteiger partial charge in [-0.25, -0.2) is 0 Å². The molecular weight excluding hydrogens is 190 g/mol. The van der Waals surface area contributed by atoms with E-state index in [9.17, 15) is 0 Å². The maximum atomic E-state index is 3.43. The van der Waals surface area contributed by atoms with E-state index in [0.29, 0.717) is 5.25 Å². The minimum Gasteiger partial charge on any atom is -0.316 e. The van der Waals surface area contributed by atoms with E-state index in [0.717, 1.165) is 13.1 Å². The Hall–Kier alpha value is -0.470. The van der Waals surface area contributed by atoms with E-state index in [4.69, 9.17) is 0 Å². The second-order valence-electron chi connectivity index (χ2n) is 3.45. The zero-order chi connectivity index (χ0) is 10.2. The van der Waals surface area contributed by atoms with Crippen molar-refractivity contribution in [2.75, 3.05) is 13.1 Å². The Kier molecular flexibility index (Phi) is 5.72. The maximum Gasteiger partial charge on any atom is 0.0191 e. The first-order valence-corrected chi connectivity index (χ1v) is 6.13. The van der Waals surface area contributed by atoms with E-state index in [-0.39, 0.29) is 0 Å². The summed E-state index contributed by atoms with van der Waals surface area (Å²) in [5, 5.41) is 4.08. The molecule has 0 aromatic heterocycles. The first-order valence-electron chi connectivity index (χ1n) is 5.25. The largest absolute Gasteiger partial charge is 0.316 e. The Balaban J connectivity index is 2.23. The molecule has 0 saturated carbocycles. The molecule has 1 aromatic carbocycles. The van der Waals surface area contributed by atoms with Gasteiger partial charge in [0.15, 0.2) is 0 Å². The standard InChI is InChI=1S/C12H19NS/c1-3-9-13-10-11(2)14-12-7-5-4-6-8-12/h4-8,11,13H,3,9-10H2,1-2H3. The molecule has 1 N–H and O–H groups in total. The van der Waals surface area contributed by atoms with Gasteiger partial charge in [0.2, 0.25) is 0 Å². The van der Waals surface area contributed by atoms with Crippen LogP contribution < -0.4 is 5.32 Å². The summed E-state index contributed by atoms with van der Waals surface area (Å²) >= 11 is 1.93. The number of nitrogens with one attached hydrogen (secondary N) is 1. The minimum atomic E-state index is 0.643. The summed E-state index contributed by atoms with van der Waals surface area (Å²) < 4.78 is 0. The molecule has 1 unspecified atom stereocenters. The molecule has 0 radical (unpaired) electrons. The Bertz CT molecular complexity index is 235. The monoisotopic (exact) mass is 209 g/mol. The van der Waals surface area contributed by atoms with E-state index in [1.807, 2.05) is 11.8 Å². The maximum absolute atomic E-state index is 3.43. The van der Waals surface area contributed by atoms with Crippen molar-refractivity contribution in [3.05, 3.63) is 30.3 Å². The van der Waals surface area contributed by atoms with Crippen molar-refractivity contribution in [3.8, 4) is 0 Å². The van der Waals surface area contributed by atoms with Gasteiger partial charge in [0.05, 0.1) is 0 Å². The fourth-order valence-electron chi connectivity index (χ4n) is 1.26. The molecule has 1 nitrogen and oxygen atoms in total. The SMILES string of the molecule is CCCNCC(C)Sc1ccccc1. The Morgan fingerprint density at radius 2 is 2.00 bits per heavy atom. The van der Waals surface area contributed by atoms with E-state index in [2.05, 4.69) is 49.5 Å². The number of thioether (sulfide) groups is 1. The van der Waals surface area contributed by atoms with Gasteiger partial charge in [0.25, 0.3) is 0 Å². The molecule has 1 atom stereocenters. The molecule has 0 amide bonds. The predicted octanol–water partition coefficient (Wildman–Crippen LogP) is 3.17. The molecule has 0 aliphatic rings. The van der Waals surface area contributed by atoms with Crippen LogP contribution in [0.25, 0.3) is 0 Å². The van der Waals surface area contributed by atoms with Crippen LogP contribution in [0.5, 0.6) is 0 Å². The first-order chi connectivity index (χ1) is 6.83. The van der Waals surface area contributed by atoms with Crippen molar-refractivity contribution in [1.29, 1.82) is 0 Å². The molecule has 1 rings (SSSR count). The van der Waals surface area contributed by atoms with E-state index >= 15 is 0 Å². The highest BCUT2D eigenvalue weighted by Gasteiger charge is 2.02. The highest BCUT2D eigenvalue weighted by Crippen LogP contribution is 2.21. The lowest BCUT2D eigenvalue weighted by molar-refractivity contribution is 0.669. The van der Waals surface area contributed by atoms with Crippen LogP contribution in [0.2, 0.25) is 0 Å². The lowest BCUT2D eigenvalue weighted by Crippen LogP contribution is -2.23. The van der Waals surface area contributed by atoms with E-state index < -0.39 is 0 Å². The minimum absolute atomic E-state index is 0.643. The highest BCUT2D eigenvalue weighted by molar-refractivity contribution is 8.00. The Labute approximate surface area is 91.3 Å². The Morgan fingerprint density at radius 1 is 1.29 bits per heavy atom. The van der Waals surface area contributed by atoms with Gasteiger partial charge in [-0.15, -0.1) is 11.8 Å². The van der Waals surface area contributed by atoms with Gasteiger partial charge in [-0.1, -0.05) is 32.0 Å². The zero-order valence-electron chi connectivity index (χ0n) is 8.99. The number of rotatable bonds is 6. The zero-order valence-corrected chi connectivity index (χ0v) is 9.81. The van der Waals surface area contributed by atoms with Crippen molar-refractivity contribution in [3.63, 3.8) is 0 Å². The third kappa shape index (κ3) is 4.68. The fourth-order valence-corrected chi connectivity index (χ4v) is 2.24. The summed E-state index contributed by atoms with van der Waals surface area (Å²) in [6, 6.07) is 10.6. The molecule has 0 spiro atoms. The fraction of sp³-hybridized carbons (Fsp3) is 0.500. The molecule has 78 valence electrons. The van der Waals surface area contributed by atoms with Crippen molar-refractivity contribution in [2.24, 2.45) is 0 Å². The molecule has 0 fully saturated rings. The van der Waals surface area contributed by atoms with Crippen molar-refractivity contribution >= 4 is 11.8 Å². The topological polar surface area (TPSA) is 12.0 Å². The average molecular weight is 209 g/mol. The van der Waals surface area contributed by atoms with Gasteiger partial charge in [-0.05, 0) is 25.1 Å². The average Bonchev–Trinajstić information content (AvgIpc) is 2.20. The van der Waals surface area contributed by atoms with Crippen molar-refractivity contribution in [1.82, 2.24) is 5.32 Å². The molecule has 14 heavy (non-hydrogen) atoms. The summed E-state index contributed by atoms with van der Waals surface area (Å²) in [5.41, 5.74) is 0. The molecular formula is C12H19NS. The third-order valence-electron chi connectivity index (χ3n) is 1.94. The molecule has 0 aliphatic heterocycles. The lowest BCUT2D eigenvalue weighted by atomic mass is 10.4. The van der Waals surface area contributed by atoms with Crippen LogP contribution in [0.4, 0.5) is 0 Å². The van der Waals surface area contributed by atoms with Crippen molar-refractivity contribution in [2.45, 2.75) is 30.4 Å². The summed E-state index contributed by atoms with van der Waals surface area (Å²) in [6.07, 6.45) is 1.21.